The van der Waals surface area contributed by atoms with Gasteiger partial charge in [-0.1, -0.05) is 25.1 Å². The van der Waals surface area contributed by atoms with Crippen LogP contribution in [-0.4, -0.2) is 21.4 Å². The van der Waals surface area contributed by atoms with Crippen molar-refractivity contribution in [3.8, 4) is 0 Å². The number of rotatable bonds is 1. The molecular weight excluding hydrogens is 370 g/mol. The van der Waals surface area contributed by atoms with Gasteiger partial charge >= 0.3 is 6.18 Å². The SMILES string of the molecule is CC1c2cc(C(F)(F)F)ccc2C(c2cc3cccc(F)c3nn2)=NC1(C)C. The van der Waals surface area contributed by atoms with Gasteiger partial charge in [0.2, 0.25) is 0 Å². The van der Waals surface area contributed by atoms with E-state index in [0.717, 1.165) is 6.07 Å². The molecule has 0 radical (unpaired) electrons. The zero-order valence-electron chi connectivity index (χ0n) is 15.5. The smallest absolute Gasteiger partial charge is 0.276 e. The van der Waals surface area contributed by atoms with Crippen LogP contribution in [0.3, 0.4) is 0 Å². The molecule has 4 rings (SSSR count). The third kappa shape index (κ3) is 2.95. The Morgan fingerprint density at radius 1 is 1.00 bits per heavy atom. The lowest BCUT2D eigenvalue weighted by molar-refractivity contribution is -0.137. The average Bonchev–Trinajstić information content (AvgIpc) is 2.63. The van der Waals surface area contributed by atoms with E-state index in [9.17, 15) is 17.6 Å². The molecule has 0 aliphatic carbocycles. The van der Waals surface area contributed by atoms with Gasteiger partial charge in [-0.25, -0.2) is 4.39 Å². The molecule has 0 spiro atoms. The van der Waals surface area contributed by atoms with E-state index in [-0.39, 0.29) is 11.4 Å². The lowest BCUT2D eigenvalue weighted by Crippen LogP contribution is -2.33. The minimum absolute atomic E-state index is 0.142. The first-order valence-electron chi connectivity index (χ1n) is 8.81. The molecule has 0 fully saturated rings. The quantitative estimate of drug-likeness (QED) is 0.516. The van der Waals surface area contributed by atoms with Gasteiger partial charge in [-0.3, -0.25) is 4.99 Å². The minimum Gasteiger partial charge on any atom is -0.276 e. The maximum absolute atomic E-state index is 13.9. The topological polar surface area (TPSA) is 38.1 Å². The first kappa shape index (κ1) is 18.5. The molecule has 7 heteroatoms. The van der Waals surface area contributed by atoms with Gasteiger partial charge in [0, 0.05) is 16.9 Å². The van der Waals surface area contributed by atoms with Crippen molar-refractivity contribution in [1.29, 1.82) is 0 Å². The zero-order valence-corrected chi connectivity index (χ0v) is 15.5. The first-order chi connectivity index (χ1) is 13.1. The molecule has 1 aliphatic rings. The fourth-order valence-corrected chi connectivity index (χ4v) is 3.48. The molecule has 144 valence electrons. The van der Waals surface area contributed by atoms with Crippen LogP contribution in [0, 0.1) is 5.82 Å². The lowest BCUT2D eigenvalue weighted by Gasteiger charge is -2.35. The van der Waals surface area contributed by atoms with Gasteiger partial charge in [-0.2, -0.15) is 13.2 Å². The summed E-state index contributed by atoms with van der Waals surface area (Å²) >= 11 is 0. The summed E-state index contributed by atoms with van der Waals surface area (Å²) in [7, 11) is 0. The van der Waals surface area contributed by atoms with E-state index in [1.54, 1.807) is 18.2 Å². The molecule has 0 saturated heterocycles. The number of fused-ring (bicyclic) bond motifs is 2. The van der Waals surface area contributed by atoms with Gasteiger partial charge in [0.1, 0.15) is 11.2 Å². The van der Waals surface area contributed by atoms with Gasteiger partial charge in [0.15, 0.2) is 5.82 Å². The molecule has 1 unspecified atom stereocenters. The van der Waals surface area contributed by atoms with E-state index in [4.69, 9.17) is 4.99 Å². The van der Waals surface area contributed by atoms with Gasteiger partial charge in [0.05, 0.1) is 16.8 Å². The highest BCUT2D eigenvalue weighted by Crippen LogP contribution is 2.41. The molecule has 3 aromatic rings. The molecule has 0 saturated carbocycles. The average molecular weight is 387 g/mol. The Hall–Kier alpha value is -2.83. The Balaban J connectivity index is 1.93. The van der Waals surface area contributed by atoms with Crippen molar-refractivity contribution in [2.45, 2.75) is 38.4 Å². The molecule has 0 bridgehead atoms. The van der Waals surface area contributed by atoms with Gasteiger partial charge in [-0.05, 0) is 43.7 Å². The van der Waals surface area contributed by atoms with Crippen LogP contribution >= 0.6 is 0 Å². The number of nitrogens with zero attached hydrogens (tertiary/aromatic N) is 3. The van der Waals surface area contributed by atoms with E-state index in [1.165, 1.54) is 18.2 Å². The van der Waals surface area contributed by atoms with E-state index >= 15 is 0 Å². The van der Waals surface area contributed by atoms with Gasteiger partial charge < -0.3 is 0 Å². The zero-order chi connectivity index (χ0) is 20.3. The molecular formula is C21H17F4N3. The number of hydrogen-bond acceptors (Lipinski definition) is 3. The van der Waals surface area contributed by atoms with E-state index in [0.29, 0.717) is 27.9 Å². The maximum Gasteiger partial charge on any atom is 0.416 e. The first-order valence-corrected chi connectivity index (χ1v) is 8.81. The van der Waals surface area contributed by atoms with Crippen molar-refractivity contribution in [1.82, 2.24) is 10.2 Å². The summed E-state index contributed by atoms with van der Waals surface area (Å²) in [6.07, 6.45) is -4.42. The molecule has 2 aromatic carbocycles. The number of halogens is 4. The predicted octanol–water partition coefficient (Wildman–Crippen LogP) is 5.52. The molecule has 0 N–H and O–H groups in total. The van der Waals surface area contributed by atoms with Crippen LogP contribution in [0.5, 0.6) is 0 Å². The normalized spacial score (nSPS) is 18.7. The second kappa shape index (κ2) is 6.09. The van der Waals surface area contributed by atoms with E-state index in [2.05, 4.69) is 10.2 Å². The standard InChI is InChI=1S/C21H17F4N3/c1-11-15-10-13(21(23,24)25)7-8-14(15)19(26-20(11,2)3)17-9-12-5-4-6-16(22)18(12)28-27-17/h4-11H,1-3H3. The highest BCUT2D eigenvalue weighted by atomic mass is 19.4. The van der Waals surface area contributed by atoms with Crippen molar-refractivity contribution < 1.29 is 17.6 Å². The van der Waals surface area contributed by atoms with Crippen LogP contribution in [0.2, 0.25) is 0 Å². The lowest BCUT2D eigenvalue weighted by atomic mass is 9.77. The van der Waals surface area contributed by atoms with Crippen LogP contribution in [0.1, 0.15) is 49.1 Å². The van der Waals surface area contributed by atoms with Crippen molar-refractivity contribution in [3.05, 3.63) is 70.7 Å². The maximum atomic E-state index is 13.9. The second-order valence-electron chi connectivity index (χ2n) is 7.54. The summed E-state index contributed by atoms with van der Waals surface area (Å²) in [6, 6.07) is 9.91. The summed E-state index contributed by atoms with van der Waals surface area (Å²) in [5, 5.41) is 8.63. The molecule has 1 aliphatic heterocycles. The number of aromatic nitrogens is 2. The molecule has 1 aromatic heterocycles. The fraction of sp³-hybridized carbons (Fsp3) is 0.286. The third-order valence-corrected chi connectivity index (χ3v) is 5.37. The van der Waals surface area contributed by atoms with Gasteiger partial charge in [-0.15, -0.1) is 10.2 Å². The highest BCUT2D eigenvalue weighted by Gasteiger charge is 2.38. The third-order valence-electron chi connectivity index (χ3n) is 5.37. The Kier molecular flexibility index (Phi) is 4.03. The van der Waals surface area contributed by atoms with Crippen LogP contribution < -0.4 is 0 Å². The summed E-state index contributed by atoms with van der Waals surface area (Å²) in [6.45, 7) is 5.60. The van der Waals surface area contributed by atoms with Crippen molar-refractivity contribution >= 4 is 16.6 Å². The highest BCUT2D eigenvalue weighted by molar-refractivity contribution is 6.14. The Morgan fingerprint density at radius 2 is 1.75 bits per heavy atom. The molecule has 28 heavy (non-hydrogen) atoms. The van der Waals surface area contributed by atoms with Crippen LogP contribution in [0.15, 0.2) is 47.5 Å². The summed E-state index contributed by atoms with van der Waals surface area (Å²) in [5.41, 5.74) is 0.829. The molecule has 3 nitrogen and oxygen atoms in total. The Bertz CT molecular complexity index is 1120. The fourth-order valence-electron chi connectivity index (χ4n) is 3.48. The number of benzene rings is 2. The predicted molar refractivity (Wildman–Crippen MR) is 99.1 cm³/mol. The largest absolute Gasteiger partial charge is 0.416 e. The van der Waals surface area contributed by atoms with Crippen molar-refractivity contribution in [2.24, 2.45) is 4.99 Å². The van der Waals surface area contributed by atoms with Crippen LogP contribution in [0.4, 0.5) is 17.6 Å². The number of alkyl halides is 3. The Morgan fingerprint density at radius 3 is 2.46 bits per heavy atom. The molecule has 0 amide bonds. The monoisotopic (exact) mass is 387 g/mol. The van der Waals surface area contributed by atoms with Crippen molar-refractivity contribution in [3.63, 3.8) is 0 Å². The minimum atomic E-state index is -4.42. The van der Waals surface area contributed by atoms with Crippen molar-refractivity contribution in [2.75, 3.05) is 0 Å². The molecule has 1 atom stereocenters. The van der Waals surface area contributed by atoms with Crippen LogP contribution in [0.25, 0.3) is 10.9 Å². The van der Waals surface area contributed by atoms with Crippen LogP contribution in [-0.2, 0) is 6.18 Å². The summed E-state index contributed by atoms with van der Waals surface area (Å²) in [5.74, 6) is -0.703. The Labute approximate surface area is 159 Å². The summed E-state index contributed by atoms with van der Waals surface area (Å²) < 4.78 is 53.6. The summed E-state index contributed by atoms with van der Waals surface area (Å²) in [4.78, 5) is 4.77. The molecule has 2 heterocycles. The number of hydrogen-bond donors (Lipinski definition) is 0. The van der Waals surface area contributed by atoms with Gasteiger partial charge in [0.25, 0.3) is 0 Å². The van der Waals surface area contributed by atoms with E-state index < -0.39 is 23.1 Å². The second-order valence-corrected chi connectivity index (χ2v) is 7.54. The number of aliphatic imine (C=N–C) groups is 1. The van der Waals surface area contributed by atoms with E-state index in [1.807, 2.05) is 20.8 Å².